The van der Waals surface area contributed by atoms with Crippen molar-refractivity contribution in [2.24, 2.45) is 0 Å². The molecular weight excluding hydrogens is 1260 g/mol. The molecule has 500 valence electrons. The number of morpholine rings is 1. The van der Waals surface area contributed by atoms with Crippen molar-refractivity contribution in [3.8, 4) is 52.0 Å². The number of nitrogens with zero attached hydrogens (tertiary/aromatic N) is 17. The van der Waals surface area contributed by atoms with Gasteiger partial charge < -0.3 is 77.5 Å². The summed E-state index contributed by atoms with van der Waals surface area (Å²) in [6.45, 7) is 11.6. The third kappa shape index (κ3) is 17.4. The van der Waals surface area contributed by atoms with Crippen molar-refractivity contribution in [3.05, 3.63) is 180 Å². The number of hydrogen-bond acceptors (Lipinski definition) is 27. The first-order valence-corrected chi connectivity index (χ1v) is 30.5. The molecular formula is C65H72ClN25O6. The summed E-state index contributed by atoms with van der Waals surface area (Å²) in [4.78, 5) is 36.4. The monoisotopic (exact) mass is 1330 g/mol. The summed E-state index contributed by atoms with van der Waals surface area (Å²) in [6.07, 6.45) is 3.33. The van der Waals surface area contributed by atoms with Crippen LogP contribution in [0.25, 0.3) is 23.3 Å². The molecule has 1 aliphatic rings. The second-order valence-electron chi connectivity index (χ2n) is 20.8. The molecule has 13 rings (SSSR count). The van der Waals surface area contributed by atoms with Gasteiger partial charge in [-0.05, 0) is 136 Å². The van der Waals surface area contributed by atoms with Gasteiger partial charge in [0.05, 0.1) is 59.6 Å². The number of hydrogen-bond donors (Lipinski definition) is 8. The number of rotatable bonds is 19. The van der Waals surface area contributed by atoms with Gasteiger partial charge in [-0.3, -0.25) is 0 Å². The molecule has 0 aliphatic carbocycles. The molecule has 0 saturated carbocycles. The first-order valence-electron chi connectivity index (χ1n) is 30.1. The minimum absolute atomic E-state index is 0.232. The molecule has 0 unspecified atom stereocenters. The molecule has 0 radical (unpaired) electrons. The lowest BCUT2D eigenvalue weighted by Gasteiger charge is -2.28. The van der Waals surface area contributed by atoms with E-state index < -0.39 is 0 Å². The Morgan fingerprint density at radius 3 is 1.41 bits per heavy atom. The van der Waals surface area contributed by atoms with Crippen molar-refractivity contribution in [2.75, 3.05) is 110 Å². The highest BCUT2D eigenvalue weighted by Gasteiger charge is 2.18. The zero-order valence-electron chi connectivity index (χ0n) is 54.3. The molecule has 1 aliphatic heterocycles. The standard InChI is InChI=1S/C18H21N7O.2C16H18N6O2.C15H15ClN6O/c1-13-3-2-4-16(20-13)25-17(19)22-18(23-25)21-14-5-7-15(8-6-14)24-9-11-26-12-10-24;1-10-5-4-6-14(18-10)22-15(17)20-16(21-22)19-12-8-7-11(23-2)9-13(12)24-3;1-3-24-13-10-11(7-8-12(13)23-2)19-16-20-15(17)22(21-16)14-6-4-5-9-18-14;1-9-7-11(12(23-2)8-10(9)16)19-15-20-14(17)22(21-15)13-5-3-4-6-18-13/h2-8H,9-12H2,1H3,(H3,19,21,22,23);4-9H,1-3H3,(H3,17,19,20,21);4-10H,3H2,1-2H3,(H3,17,19,20,21);3-8H,1-2H3,(H3,17,19,20,21). The molecule has 9 heterocycles. The minimum Gasteiger partial charge on any atom is -0.497 e. The van der Waals surface area contributed by atoms with Crippen molar-refractivity contribution >= 4 is 87.6 Å². The van der Waals surface area contributed by atoms with Crippen LogP contribution in [-0.4, -0.2) is 140 Å². The Morgan fingerprint density at radius 2 is 0.928 bits per heavy atom. The van der Waals surface area contributed by atoms with Crippen molar-refractivity contribution in [1.82, 2.24) is 79.0 Å². The van der Waals surface area contributed by atoms with Crippen LogP contribution >= 0.6 is 11.6 Å². The Morgan fingerprint density at radius 1 is 0.454 bits per heavy atom. The Balaban J connectivity index is 0.000000141. The molecule has 8 aromatic heterocycles. The molecule has 1 fully saturated rings. The van der Waals surface area contributed by atoms with E-state index in [1.807, 2.05) is 137 Å². The number of ether oxygens (including phenoxy) is 6. The lowest BCUT2D eigenvalue weighted by Crippen LogP contribution is -2.36. The fourth-order valence-electron chi connectivity index (χ4n) is 9.36. The van der Waals surface area contributed by atoms with Crippen molar-refractivity contribution in [1.29, 1.82) is 0 Å². The Bertz CT molecular complexity index is 4550. The topological polar surface area (TPSA) is 385 Å². The summed E-state index contributed by atoms with van der Waals surface area (Å²) in [7, 11) is 6.35. The molecule has 31 nitrogen and oxygen atoms in total. The molecule has 0 atom stereocenters. The predicted molar refractivity (Wildman–Crippen MR) is 373 cm³/mol. The van der Waals surface area contributed by atoms with Gasteiger partial charge in [0.1, 0.15) is 17.2 Å². The fourth-order valence-corrected chi connectivity index (χ4v) is 9.52. The lowest BCUT2D eigenvalue weighted by atomic mass is 10.2. The maximum absolute atomic E-state index is 6.11. The molecule has 12 N–H and O–H groups in total. The van der Waals surface area contributed by atoms with E-state index in [1.54, 1.807) is 65.1 Å². The number of methoxy groups -OCH3 is 4. The number of nitrogens with two attached hydrogens (primary N) is 4. The molecule has 4 aromatic carbocycles. The van der Waals surface area contributed by atoms with E-state index in [2.05, 4.69) is 98.6 Å². The van der Waals surface area contributed by atoms with Crippen LogP contribution in [0.15, 0.2) is 158 Å². The van der Waals surface area contributed by atoms with Crippen molar-refractivity contribution in [3.63, 3.8) is 0 Å². The summed E-state index contributed by atoms with van der Waals surface area (Å²) in [6, 6.07) is 44.9. The second kappa shape index (κ2) is 31.9. The van der Waals surface area contributed by atoms with E-state index in [0.717, 1.165) is 54.6 Å². The number of nitrogen functional groups attached to an aromatic ring is 4. The van der Waals surface area contributed by atoms with Crippen molar-refractivity contribution < 1.29 is 28.4 Å². The average molecular weight is 1330 g/mol. The van der Waals surface area contributed by atoms with Gasteiger partial charge in [0.15, 0.2) is 34.8 Å². The quantitative estimate of drug-likeness (QED) is 0.0373. The number of pyridine rings is 4. The Labute approximate surface area is 562 Å². The van der Waals surface area contributed by atoms with Crippen LogP contribution in [0, 0.1) is 20.8 Å². The van der Waals surface area contributed by atoms with Gasteiger partial charge in [-0.1, -0.05) is 35.9 Å². The molecule has 1 saturated heterocycles. The Hall–Kier alpha value is -12.5. The highest BCUT2D eigenvalue weighted by molar-refractivity contribution is 6.31. The lowest BCUT2D eigenvalue weighted by molar-refractivity contribution is 0.122. The highest BCUT2D eigenvalue weighted by Crippen LogP contribution is 2.35. The van der Waals surface area contributed by atoms with E-state index in [9.17, 15) is 0 Å². The number of anilines is 13. The third-order valence-corrected chi connectivity index (χ3v) is 14.5. The van der Waals surface area contributed by atoms with E-state index >= 15 is 0 Å². The van der Waals surface area contributed by atoms with Gasteiger partial charge in [-0.25, -0.2) is 19.9 Å². The van der Waals surface area contributed by atoms with E-state index in [-0.39, 0.29) is 23.8 Å². The largest absolute Gasteiger partial charge is 0.497 e. The van der Waals surface area contributed by atoms with Gasteiger partial charge in [-0.15, -0.1) is 20.4 Å². The smallest absolute Gasteiger partial charge is 0.249 e. The molecule has 0 bridgehead atoms. The van der Waals surface area contributed by atoms with Crippen LogP contribution in [0.4, 0.5) is 76.0 Å². The highest BCUT2D eigenvalue weighted by atomic mass is 35.5. The second-order valence-corrected chi connectivity index (χ2v) is 21.2. The zero-order chi connectivity index (χ0) is 68.4. The van der Waals surface area contributed by atoms with Gasteiger partial charge in [0.2, 0.25) is 47.6 Å². The Kier molecular flexibility index (Phi) is 22.1. The summed E-state index contributed by atoms with van der Waals surface area (Å²) >= 11 is 6.11. The zero-order valence-corrected chi connectivity index (χ0v) is 55.0. The van der Waals surface area contributed by atoms with Crippen LogP contribution in [0.5, 0.6) is 28.7 Å². The van der Waals surface area contributed by atoms with E-state index in [1.165, 1.54) is 24.4 Å². The summed E-state index contributed by atoms with van der Waals surface area (Å²) in [5.74, 6) is 8.12. The molecule has 0 spiro atoms. The first kappa shape index (κ1) is 67.4. The summed E-state index contributed by atoms with van der Waals surface area (Å²) < 4.78 is 38.0. The number of aromatic nitrogens is 16. The summed E-state index contributed by atoms with van der Waals surface area (Å²) in [5.41, 5.74) is 30.7. The SMILES string of the molecule is CCOc1cc(Nc2nc(N)n(-c3ccccn3)n2)ccc1OC.COc1cc(Cl)c(C)cc1Nc1nc(N)n(-c2ccccn2)n1.COc1ccc(Nc2nc(N)n(-c3cccc(C)n3)n2)c(OC)c1.Cc1cccc(-n2nc(Nc3ccc(N4CCOCC4)cc3)nc2N)n1. The van der Waals surface area contributed by atoms with Gasteiger partial charge in [0, 0.05) is 77.2 Å². The van der Waals surface area contributed by atoms with Crippen LogP contribution in [0.3, 0.4) is 0 Å². The number of halogens is 1. The molecule has 12 aromatic rings. The van der Waals surface area contributed by atoms with Crippen LogP contribution in [-0.2, 0) is 4.74 Å². The van der Waals surface area contributed by atoms with Crippen LogP contribution in [0.2, 0.25) is 5.02 Å². The first-order chi connectivity index (χ1) is 47.1. The average Bonchev–Trinajstić information content (AvgIpc) is 1.81. The molecule has 32 heteroatoms. The van der Waals surface area contributed by atoms with E-state index in [0.29, 0.717) is 98.8 Å². The number of aryl methyl sites for hydroxylation is 3. The normalized spacial score (nSPS) is 11.5. The predicted octanol–water partition coefficient (Wildman–Crippen LogP) is 9.80. The van der Waals surface area contributed by atoms with Crippen LogP contribution in [0.1, 0.15) is 23.9 Å². The maximum Gasteiger partial charge on any atom is 0.249 e. The van der Waals surface area contributed by atoms with Gasteiger partial charge in [0.25, 0.3) is 0 Å². The van der Waals surface area contributed by atoms with E-state index in [4.69, 9.17) is 63.0 Å². The minimum atomic E-state index is 0.232. The van der Waals surface area contributed by atoms with Gasteiger partial charge >= 0.3 is 0 Å². The number of nitrogens with one attached hydrogen (secondary N) is 4. The molecule has 0 amide bonds. The number of benzene rings is 4. The van der Waals surface area contributed by atoms with Gasteiger partial charge in [-0.2, -0.15) is 38.7 Å². The van der Waals surface area contributed by atoms with Crippen LogP contribution < -0.4 is 72.8 Å². The third-order valence-electron chi connectivity index (χ3n) is 14.0. The summed E-state index contributed by atoms with van der Waals surface area (Å²) in [5, 5.41) is 30.5. The maximum atomic E-state index is 6.11. The fraction of sp³-hybridized carbons (Fsp3) is 0.200. The molecule has 97 heavy (non-hydrogen) atoms. The van der Waals surface area contributed by atoms with Crippen molar-refractivity contribution in [2.45, 2.75) is 27.7 Å².